The van der Waals surface area contributed by atoms with Crippen LogP contribution in [0.3, 0.4) is 0 Å². The second kappa shape index (κ2) is 8.46. The Bertz CT molecular complexity index is 1440. The Hall–Kier alpha value is -4.34. The number of aromatic nitrogens is 3. The van der Waals surface area contributed by atoms with Gasteiger partial charge in [0, 0.05) is 48.9 Å². The molecule has 6 rings (SSSR count). The average Bonchev–Trinajstić information content (AvgIpc) is 3.48. The highest BCUT2D eigenvalue weighted by molar-refractivity contribution is 5.98. The summed E-state index contributed by atoms with van der Waals surface area (Å²) in [4.78, 5) is 31.0. The van der Waals surface area contributed by atoms with Crippen molar-refractivity contribution in [3.63, 3.8) is 0 Å². The van der Waals surface area contributed by atoms with Crippen molar-refractivity contribution in [2.45, 2.75) is 31.7 Å². The van der Waals surface area contributed by atoms with Crippen LogP contribution in [0.4, 0.5) is 15.4 Å². The van der Waals surface area contributed by atoms with Crippen LogP contribution in [0.15, 0.2) is 53.4 Å². The minimum absolute atomic E-state index is 0.117. The predicted octanol–water partition coefficient (Wildman–Crippen LogP) is 4.47. The van der Waals surface area contributed by atoms with E-state index in [-0.39, 0.29) is 12.1 Å². The van der Waals surface area contributed by atoms with Crippen LogP contribution in [0.1, 0.15) is 35.6 Å². The van der Waals surface area contributed by atoms with Gasteiger partial charge in [0.1, 0.15) is 11.5 Å². The van der Waals surface area contributed by atoms with Crippen LogP contribution in [0.2, 0.25) is 0 Å². The molecular formula is C25H24N6O4. The van der Waals surface area contributed by atoms with Crippen LogP contribution in [-0.2, 0) is 13.0 Å². The maximum absolute atomic E-state index is 12.8. The van der Waals surface area contributed by atoms with Gasteiger partial charge in [-0.25, -0.2) is 9.59 Å². The van der Waals surface area contributed by atoms with Gasteiger partial charge in [-0.3, -0.25) is 14.9 Å². The number of hydrogen-bond donors (Lipinski definition) is 2. The number of benzene rings is 1. The van der Waals surface area contributed by atoms with Crippen molar-refractivity contribution in [3.05, 3.63) is 65.8 Å². The fourth-order valence-electron chi connectivity index (χ4n) is 4.42. The summed E-state index contributed by atoms with van der Waals surface area (Å²) in [6, 6.07) is 8.72. The number of urea groups is 1. The molecule has 1 fully saturated rings. The SMILES string of the molecule is CNC(=O)N1CCc2cncc(Oc3ccc4c(ccn4C(=O)Nc4cc(C5CC5)on4)c3)c2C1. The number of pyridine rings is 1. The van der Waals surface area contributed by atoms with E-state index in [2.05, 4.69) is 20.8 Å². The molecule has 3 aromatic heterocycles. The number of anilines is 1. The molecule has 4 heterocycles. The van der Waals surface area contributed by atoms with Gasteiger partial charge in [0.05, 0.1) is 18.3 Å². The maximum atomic E-state index is 12.8. The Labute approximate surface area is 200 Å². The van der Waals surface area contributed by atoms with Crippen LogP contribution in [0, 0.1) is 0 Å². The van der Waals surface area contributed by atoms with E-state index in [1.807, 2.05) is 30.5 Å². The molecule has 0 unspecified atom stereocenters. The van der Waals surface area contributed by atoms with E-state index in [1.165, 1.54) is 4.57 Å². The monoisotopic (exact) mass is 472 g/mol. The molecule has 3 amide bonds. The van der Waals surface area contributed by atoms with E-state index >= 15 is 0 Å². The van der Waals surface area contributed by atoms with Crippen LogP contribution >= 0.6 is 0 Å². The molecule has 0 saturated heterocycles. The fourth-order valence-corrected chi connectivity index (χ4v) is 4.42. The quantitative estimate of drug-likeness (QED) is 0.453. The van der Waals surface area contributed by atoms with Crippen molar-refractivity contribution in [3.8, 4) is 11.5 Å². The highest BCUT2D eigenvalue weighted by Crippen LogP contribution is 2.40. The molecule has 0 spiro atoms. The van der Waals surface area contributed by atoms with Gasteiger partial charge in [0.2, 0.25) is 0 Å². The Morgan fingerprint density at radius 1 is 1.14 bits per heavy atom. The molecule has 0 radical (unpaired) electrons. The summed E-state index contributed by atoms with van der Waals surface area (Å²) in [5.41, 5.74) is 2.76. The van der Waals surface area contributed by atoms with Gasteiger partial charge in [-0.1, -0.05) is 5.16 Å². The molecule has 178 valence electrons. The minimum Gasteiger partial charge on any atom is -0.455 e. The topological polar surface area (TPSA) is 115 Å². The molecule has 2 aliphatic rings. The molecule has 0 bridgehead atoms. The highest BCUT2D eigenvalue weighted by atomic mass is 16.5. The summed E-state index contributed by atoms with van der Waals surface area (Å²) in [7, 11) is 1.63. The number of hydrogen-bond acceptors (Lipinski definition) is 6. The van der Waals surface area contributed by atoms with E-state index in [9.17, 15) is 9.59 Å². The van der Waals surface area contributed by atoms with E-state index in [0.717, 1.165) is 47.1 Å². The second-order valence-corrected chi connectivity index (χ2v) is 8.83. The van der Waals surface area contributed by atoms with Gasteiger partial charge < -0.3 is 19.5 Å². The number of amides is 3. The van der Waals surface area contributed by atoms with Gasteiger partial charge in [-0.15, -0.1) is 0 Å². The molecule has 1 saturated carbocycles. The van der Waals surface area contributed by atoms with Gasteiger partial charge in [0.15, 0.2) is 11.6 Å². The molecule has 1 aliphatic carbocycles. The number of rotatable bonds is 4. The Morgan fingerprint density at radius 2 is 2.03 bits per heavy atom. The van der Waals surface area contributed by atoms with Crippen molar-refractivity contribution in [2.24, 2.45) is 0 Å². The third-order valence-electron chi connectivity index (χ3n) is 6.46. The van der Waals surface area contributed by atoms with Crippen LogP contribution < -0.4 is 15.4 Å². The lowest BCUT2D eigenvalue weighted by Gasteiger charge is -2.29. The summed E-state index contributed by atoms with van der Waals surface area (Å²) in [5.74, 6) is 2.89. The molecule has 2 N–H and O–H groups in total. The zero-order valence-corrected chi connectivity index (χ0v) is 19.2. The van der Waals surface area contributed by atoms with E-state index in [4.69, 9.17) is 9.26 Å². The minimum atomic E-state index is -0.320. The molecular weight excluding hydrogens is 448 g/mol. The molecule has 4 aromatic rings. The maximum Gasteiger partial charge on any atom is 0.331 e. The van der Waals surface area contributed by atoms with Crippen LogP contribution in [-0.4, -0.2) is 45.3 Å². The number of fused-ring (bicyclic) bond motifs is 2. The van der Waals surface area contributed by atoms with Crippen LogP contribution in [0.25, 0.3) is 10.9 Å². The second-order valence-electron chi connectivity index (χ2n) is 8.83. The summed E-state index contributed by atoms with van der Waals surface area (Å²) in [6.45, 7) is 1.09. The Balaban J connectivity index is 1.21. The Morgan fingerprint density at radius 3 is 2.86 bits per heavy atom. The molecule has 10 heteroatoms. The summed E-state index contributed by atoms with van der Waals surface area (Å²) in [5, 5.41) is 10.3. The van der Waals surface area contributed by atoms with Gasteiger partial charge >= 0.3 is 12.1 Å². The Kier molecular flexibility index (Phi) is 5.13. The van der Waals surface area contributed by atoms with Crippen molar-refractivity contribution in [2.75, 3.05) is 18.9 Å². The highest BCUT2D eigenvalue weighted by Gasteiger charge is 2.28. The number of carbonyl (C=O) groups is 2. The van der Waals surface area contributed by atoms with Crippen molar-refractivity contribution >= 4 is 28.8 Å². The molecule has 1 aromatic carbocycles. The predicted molar refractivity (Wildman–Crippen MR) is 128 cm³/mol. The first-order valence-corrected chi connectivity index (χ1v) is 11.6. The molecule has 0 atom stereocenters. The van der Waals surface area contributed by atoms with E-state index in [1.54, 1.807) is 30.4 Å². The van der Waals surface area contributed by atoms with Gasteiger partial charge in [0.25, 0.3) is 0 Å². The smallest absolute Gasteiger partial charge is 0.331 e. The lowest BCUT2D eigenvalue weighted by molar-refractivity contribution is 0.194. The van der Waals surface area contributed by atoms with E-state index in [0.29, 0.717) is 36.3 Å². The molecule has 1 aliphatic heterocycles. The van der Waals surface area contributed by atoms with Crippen molar-refractivity contribution in [1.82, 2.24) is 24.9 Å². The fraction of sp³-hybridized carbons (Fsp3) is 0.280. The summed E-state index contributed by atoms with van der Waals surface area (Å²) < 4.78 is 13.0. The first-order chi connectivity index (χ1) is 17.1. The lowest BCUT2D eigenvalue weighted by atomic mass is 10.0. The normalized spacial score (nSPS) is 15.1. The van der Waals surface area contributed by atoms with Crippen LogP contribution in [0.5, 0.6) is 11.5 Å². The first kappa shape index (κ1) is 21.2. The number of ether oxygens (including phenoxy) is 1. The average molecular weight is 473 g/mol. The van der Waals surface area contributed by atoms with Crippen molar-refractivity contribution in [1.29, 1.82) is 0 Å². The molecule has 35 heavy (non-hydrogen) atoms. The number of carbonyl (C=O) groups excluding carboxylic acids is 2. The third kappa shape index (κ3) is 4.07. The van der Waals surface area contributed by atoms with Gasteiger partial charge in [-0.05, 0) is 49.1 Å². The zero-order valence-electron chi connectivity index (χ0n) is 19.2. The zero-order chi connectivity index (χ0) is 23.9. The van der Waals surface area contributed by atoms with E-state index < -0.39 is 0 Å². The summed E-state index contributed by atoms with van der Waals surface area (Å²) >= 11 is 0. The number of nitrogens with zero attached hydrogens (tertiary/aromatic N) is 4. The first-order valence-electron chi connectivity index (χ1n) is 11.6. The largest absolute Gasteiger partial charge is 0.455 e. The lowest BCUT2D eigenvalue weighted by Crippen LogP contribution is -2.41. The third-order valence-corrected chi connectivity index (χ3v) is 6.46. The van der Waals surface area contributed by atoms with Gasteiger partial charge in [-0.2, -0.15) is 0 Å². The standard InChI is InChI=1S/C25H24N6O4/c1-26-24(32)30-8-6-17-12-27-13-22(19(17)14-30)34-18-4-5-20-16(10-18)7-9-31(20)25(33)28-23-11-21(35-29-23)15-2-3-15/h4-5,7,9-13,15H,2-3,6,8,14H2,1H3,(H,26,32)(H,28,29,33). The number of nitrogens with one attached hydrogen (secondary N) is 2. The molecule has 10 nitrogen and oxygen atoms in total. The van der Waals surface area contributed by atoms with Crippen molar-refractivity contribution < 1.29 is 18.8 Å². The summed E-state index contributed by atoms with van der Waals surface area (Å²) in [6.07, 6.45) is 8.12.